The van der Waals surface area contributed by atoms with E-state index < -0.39 is 5.91 Å². The minimum atomic E-state index is -0.403. The van der Waals surface area contributed by atoms with Gasteiger partial charge in [-0.15, -0.1) is 10.2 Å². The molecule has 3 aliphatic rings. The molecule has 1 N–H and O–H groups in total. The normalized spacial score (nSPS) is 29.6. The molecule has 1 saturated carbocycles. The Balaban J connectivity index is 1.38. The van der Waals surface area contributed by atoms with E-state index in [1.165, 1.54) is 11.3 Å². The summed E-state index contributed by atoms with van der Waals surface area (Å²) in [5.74, 6) is -1.03. The van der Waals surface area contributed by atoms with E-state index in [1.54, 1.807) is 0 Å². The maximum Gasteiger partial charge on any atom is 0.246 e. The number of nitrogens with zero attached hydrogens (tertiary/aromatic N) is 3. The van der Waals surface area contributed by atoms with Crippen molar-refractivity contribution in [2.45, 2.75) is 32.6 Å². The molecule has 1 aromatic rings. The Morgan fingerprint density at radius 1 is 1.24 bits per heavy atom. The van der Waals surface area contributed by atoms with Crippen LogP contribution in [0.25, 0.3) is 0 Å². The summed E-state index contributed by atoms with van der Waals surface area (Å²) in [6.07, 6.45) is 7.90. The van der Waals surface area contributed by atoms with Gasteiger partial charge in [-0.05, 0) is 24.7 Å². The highest BCUT2D eigenvalue weighted by molar-refractivity contribution is 7.15. The average Bonchev–Trinajstić information content (AvgIpc) is 3.34. The first-order valence-electron chi connectivity index (χ1n) is 8.74. The molecular formula is C17H20N4O3S. The van der Waals surface area contributed by atoms with Crippen molar-refractivity contribution < 1.29 is 14.4 Å². The van der Waals surface area contributed by atoms with Gasteiger partial charge in [0.25, 0.3) is 0 Å². The summed E-state index contributed by atoms with van der Waals surface area (Å²) < 4.78 is 0. The smallest absolute Gasteiger partial charge is 0.246 e. The van der Waals surface area contributed by atoms with Gasteiger partial charge in [0, 0.05) is 6.42 Å². The lowest BCUT2D eigenvalue weighted by atomic mass is 9.85. The molecule has 1 saturated heterocycles. The minimum Gasteiger partial charge on any atom is -0.299 e. The summed E-state index contributed by atoms with van der Waals surface area (Å²) in [6, 6.07) is 0. The average molecular weight is 360 g/mol. The molecule has 8 heteroatoms. The first kappa shape index (κ1) is 16.4. The van der Waals surface area contributed by atoms with Crippen LogP contribution in [0.1, 0.15) is 31.2 Å². The van der Waals surface area contributed by atoms with E-state index in [4.69, 9.17) is 0 Å². The molecule has 132 valence electrons. The summed E-state index contributed by atoms with van der Waals surface area (Å²) in [5.41, 5.74) is 0. The van der Waals surface area contributed by atoms with E-state index in [1.807, 2.05) is 12.2 Å². The zero-order valence-electron chi connectivity index (χ0n) is 14.0. The summed E-state index contributed by atoms with van der Waals surface area (Å²) in [7, 11) is 0. The highest BCUT2D eigenvalue weighted by Gasteiger charge is 2.59. The molecule has 4 rings (SSSR count). The predicted molar refractivity (Wildman–Crippen MR) is 91.6 cm³/mol. The second-order valence-corrected chi connectivity index (χ2v) is 7.98. The minimum absolute atomic E-state index is 0.156. The molecule has 4 atom stereocenters. The Labute approximate surface area is 149 Å². The van der Waals surface area contributed by atoms with Gasteiger partial charge >= 0.3 is 0 Å². The number of allylic oxidation sites excluding steroid dienone is 2. The van der Waals surface area contributed by atoms with Crippen molar-refractivity contribution in [3.05, 3.63) is 17.2 Å². The van der Waals surface area contributed by atoms with E-state index in [0.29, 0.717) is 5.13 Å². The van der Waals surface area contributed by atoms with Crippen LogP contribution in [-0.2, 0) is 20.8 Å². The first-order chi connectivity index (χ1) is 12.1. The summed E-state index contributed by atoms with van der Waals surface area (Å²) in [5, 5.41) is 11.9. The van der Waals surface area contributed by atoms with Crippen LogP contribution in [0.15, 0.2) is 12.2 Å². The number of carbonyl (C=O) groups is 3. The molecule has 2 fully saturated rings. The van der Waals surface area contributed by atoms with Gasteiger partial charge in [0.15, 0.2) is 0 Å². The number of hydrogen-bond acceptors (Lipinski definition) is 6. The largest absolute Gasteiger partial charge is 0.299 e. The number of carbonyl (C=O) groups excluding carboxylic acids is 3. The van der Waals surface area contributed by atoms with Crippen LogP contribution in [0.4, 0.5) is 5.13 Å². The zero-order valence-corrected chi connectivity index (χ0v) is 14.8. The Hall–Kier alpha value is -2.09. The third kappa shape index (κ3) is 2.78. The van der Waals surface area contributed by atoms with Gasteiger partial charge in [-0.25, -0.2) is 0 Å². The van der Waals surface area contributed by atoms with Crippen molar-refractivity contribution in [2.75, 3.05) is 11.9 Å². The fourth-order valence-corrected chi connectivity index (χ4v) is 4.95. The Morgan fingerprint density at radius 2 is 1.92 bits per heavy atom. The number of aryl methyl sites for hydroxylation is 1. The number of unbranched alkanes of at least 4 members (excludes halogenated alkanes) is 1. The maximum absolute atomic E-state index is 12.6. The predicted octanol–water partition coefficient (Wildman–Crippen LogP) is 1.63. The van der Waals surface area contributed by atoms with E-state index in [9.17, 15) is 14.4 Å². The Morgan fingerprint density at radius 3 is 2.56 bits per heavy atom. The lowest BCUT2D eigenvalue weighted by molar-refractivity contribution is -0.143. The second-order valence-electron chi connectivity index (χ2n) is 6.92. The lowest BCUT2D eigenvalue weighted by Crippen LogP contribution is -2.39. The number of anilines is 1. The van der Waals surface area contributed by atoms with Gasteiger partial charge in [0.1, 0.15) is 11.6 Å². The fraction of sp³-hybridized carbons (Fsp3) is 0.588. The third-order valence-electron chi connectivity index (χ3n) is 5.32. The number of amides is 3. The number of hydrogen-bond donors (Lipinski definition) is 1. The number of nitrogens with one attached hydrogen (secondary N) is 1. The van der Waals surface area contributed by atoms with E-state index in [2.05, 4.69) is 22.4 Å². The SMILES string of the molecule is CCCCc1nnc(NC(=O)CN2C(=O)C3C4C=CC(C4)C3C2=O)s1. The molecule has 2 aliphatic carbocycles. The molecule has 7 nitrogen and oxygen atoms in total. The highest BCUT2D eigenvalue weighted by Crippen LogP contribution is 2.52. The molecule has 2 bridgehead atoms. The highest BCUT2D eigenvalue weighted by atomic mass is 32.1. The van der Waals surface area contributed by atoms with Gasteiger partial charge in [-0.2, -0.15) is 0 Å². The third-order valence-corrected chi connectivity index (χ3v) is 6.22. The Bertz CT molecular complexity index is 729. The summed E-state index contributed by atoms with van der Waals surface area (Å²) >= 11 is 1.34. The monoisotopic (exact) mass is 360 g/mol. The molecule has 0 radical (unpaired) electrons. The van der Waals surface area contributed by atoms with E-state index in [-0.39, 0.29) is 42.0 Å². The topological polar surface area (TPSA) is 92.3 Å². The first-order valence-corrected chi connectivity index (χ1v) is 9.56. The van der Waals surface area contributed by atoms with Crippen LogP contribution in [0.5, 0.6) is 0 Å². The Kier molecular flexibility index (Phi) is 4.15. The van der Waals surface area contributed by atoms with Gasteiger partial charge in [0.05, 0.1) is 11.8 Å². The summed E-state index contributed by atoms with van der Waals surface area (Å²) in [6.45, 7) is 1.86. The molecular weight excluding hydrogens is 340 g/mol. The molecule has 1 aromatic heterocycles. The maximum atomic E-state index is 12.6. The summed E-state index contributed by atoms with van der Waals surface area (Å²) in [4.78, 5) is 38.5. The van der Waals surface area contributed by atoms with Crippen molar-refractivity contribution in [2.24, 2.45) is 23.7 Å². The van der Waals surface area contributed by atoms with E-state index >= 15 is 0 Å². The number of rotatable bonds is 6. The van der Waals surface area contributed by atoms with Crippen LogP contribution < -0.4 is 5.32 Å². The van der Waals surface area contributed by atoms with Crippen LogP contribution in [-0.4, -0.2) is 39.4 Å². The van der Waals surface area contributed by atoms with Crippen LogP contribution in [0.3, 0.4) is 0 Å². The molecule has 0 aromatic carbocycles. The molecule has 1 aliphatic heterocycles. The molecule has 2 heterocycles. The number of likely N-dealkylation sites (tertiary alicyclic amines) is 1. The van der Waals surface area contributed by atoms with Gasteiger partial charge in [-0.3, -0.25) is 24.6 Å². The van der Waals surface area contributed by atoms with Gasteiger partial charge in [0.2, 0.25) is 22.9 Å². The lowest BCUT2D eigenvalue weighted by Gasteiger charge is -2.16. The molecule has 3 amide bonds. The number of fused-ring (bicyclic) bond motifs is 5. The van der Waals surface area contributed by atoms with Crippen molar-refractivity contribution in [3.63, 3.8) is 0 Å². The van der Waals surface area contributed by atoms with E-state index in [0.717, 1.165) is 35.6 Å². The standard InChI is InChI=1S/C17H20N4O3S/c1-2-3-4-12-19-20-17(25-12)18-11(22)8-21-15(23)13-9-5-6-10(7-9)14(13)16(21)24/h5-6,9-10,13-14H,2-4,7-8H2,1H3,(H,18,20,22). The van der Waals surface area contributed by atoms with Crippen molar-refractivity contribution in [1.82, 2.24) is 15.1 Å². The molecule has 4 unspecified atom stereocenters. The zero-order chi connectivity index (χ0) is 17.6. The second kappa shape index (κ2) is 6.33. The fourth-order valence-electron chi connectivity index (χ4n) is 4.16. The number of aromatic nitrogens is 2. The van der Waals surface area contributed by atoms with Crippen molar-refractivity contribution in [3.8, 4) is 0 Å². The quantitative estimate of drug-likeness (QED) is 0.615. The van der Waals surface area contributed by atoms with Crippen LogP contribution in [0.2, 0.25) is 0 Å². The van der Waals surface area contributed by atoms with Crippen LogP contribution >= 0.6 is 11.3 Å². The molecule has 25 heavy (non-hydrogen) atoms. The van der Waals surface area contributed by atoms with Crippen LogP contribution in [0, 0.1) is 23.7 Å². The molecule has 0 spiro atoms. The van der Waals surface area contributed by atoms with Crippen molar-refractivity contribution in [1.29, 1.82) is 0 Å². The van der Waals surface area contributed by atoms with Gasteiger partial charge in [-0.1, -0.05) is 36.8 Å². The van der Waals surface area contributed by atoms with Crippen molar-refractivity contribution >= 4 is 34.2 Å². The van der Waals surface area contributed by atoms with Gasteiger partial charge < -0.3 is 0 Å². The number of imide groups is 1.